The van der Waals surface area contributed by atoms with Crippen molar-refractivity contribution in [1.29, 1.82) is 0 Å². The summed E-state index contributed by atoms with van der Waals surface area (Å²) in [5.74, 6) is -0.0818. The first-order valence-electron chi connectivity index (χ1n) is 9.93. The SMILES string of the molecule is CC[C@H]1CCN[C@@H](C(=O)N[C@@H](C)C(=O)NCc2ccc(-c3noc(=O)[nH]3)cc2)C1. The van der Waals surface area contributed by atoms with Gasteiger partial charge in [0, 0.05) is 12.1 Å². The summed E-state index contributed by atoms with van der Waals surface area (Å²) in [6, 6.07) is 6.34. The third-order valence-electron chi connectivity index (χ3n) is 5.29. The third-order valence-corrected chi connectivity index (χ3v) is 5.29. The van der Waals surface area contributed by atoms with E-state index in [2.05, 4.69) is 37.5 Å². The Balaban J connectivity index is 1.47. The molecular formula is C20H27N5O4. The standard InChI is InChI=1S/C20H27N5O4/c1-3-13-8-9-21-16(10-13)19(27)23-12(2)18(26)22-11-14-4-6-15(7-5-14)17-24-20(28)29-25-17/h4-7,12-13,16,21H,3,8-11H2,1-2H3,(H,22,26)(H,23,27)(H,24,25,28)/t12-,13-,16+/m0/s1. The molecule has 0 bridgehead atoms. The number of piperidine rings is 1. The summed E-state index contributed by atoms with van der Waals surface area (Å²) in [5.41, 5.74) is 1.59. The molecule has 2 heterocycles. The summed E-state index contributed by atoms with van der Waals surface area (Å²) in [7, 11) is 0. The molecule has 1 aliphatic rings. The molecule has 3 atom stereocenters. The van der Waals surface area contributed by atoms with Gasteiger partial charge in [0.05, 0.1) is 6.04 Å². The van der Waals surface area contributed by atoms with Crippen LogP contribution in [-0.4, -0.2) is 40.6 Å². The average molecular weight is 401 g/mol. The van der Waals surface area contributed by atoms with Gasteiger partial charge in [0.2, 0.25) is 11.8 Å². The molecule has 2 amide bonds. The largest absolute Gasteiger partial charge is 0.439 e. The number of nitrogens with one attached hydrogen (secondary N) is 4. The van der Waals surface area contributed by atoms with Gasteiger partial charge >= 0.3 is 5.76 Å². The number of hydrogen-bond donors (Lipinski definition) is 4. The van der Waals surface area contributed by atoms with E-state index in [-0.39, 0.29) is 17.9 Å². The maximum Gasteiger partial charge on any atom is 0.439 e. The fourth-order valence-corrected chi connectivity index (χ4v) is 3.42. The molecule has 0 unspecified atom stereocenters. The van der Waals surface area contributed by atoms with E-state index >= 15 is 0 Å². The monoisotopic (exact) mass is 401 g/mol. The van der Waals surface area contributed by atoms with Gasteiger partial charge in [-0.25, -0.2) is 4.79 Å². The van der Waals surface area contributed by atoms with Gasteiger partial charge in [-0.1, -0.05) is 42.8 Å². The molecule has 1 fully saturated rings. The Labute approximate surface area is 168 Å². The van der Waals surface area contributed by atoms with Gasteiger partial charge in [0.25, 0.3) is 0 Å². The molecule has 3 rings (SSSR count). The Bertz CT molecular complexity index is 889. The molecule has 9 nitrogen and oxygen atoms in total. The Morgan fingerprint density at radius 3 is 2.72 bits per heavy atom. The van der Waals surface area contributed by atoms with Crippen LogP contribution in [0.2, 0.25) is 0 Å². The Hall–Kier alpha value is -2.94. The van der Waals surface area contributed by atoms with E-state index in [4.69, 9.17) is 0 Å². The summed E-state index contributed by atoms with van der Waals surface area (Å²) < 4.78 is 4.48. The normalized spacial score (nSPS) is 20.1. The minimum Gasteiger partial charge on any atom is -0.350 e. The zero-order valence-electron chi connectivity index (χ0n) is 16.7. The van der Waals surface area contributed by atoms with Crippen molar-refractivity contribution < 1.29 is 14.1 Å². The van der Waals surface area contributed by atoms with Crippen LogP contribution in [0.5, 0.6) is 0 Å². The fraction of sp³-hybridized carbons (Fsp3) is 0.500. The lowest BCUT2D eigenvalue weighted by Gasteiger charge is -2.29. The molecule has 9 heteroatoms. The number of H-pyrrole nitrogens is 1. The first kappa shape index (κ1) is 20.8. The molecular weight excluding hydrogens is 374 g/mol. The lowest BCUT2D eigenvalue weighted by Crippen LogP contribution is -2.53. The van der Waals surface area contributed by atoms with Crippen molar-refractivity contribution in [3.05, 3.63) is 40.4 Å². The van der Waals surface area contributed by atoms with Gasteiger partial charge < -0.3 is 16.0 Å². The van der Waals surface area contributed by atoms with Gasteiger partial charge in [-0.3, -0.25) is 19.1 Å². The maximum atomic E-state index is 12.4. The van der Waals surface area contributed by atoms with Crippen LogP contribution in [0.25, 0.3) is 11.4 Å². The lowest BCUT2D eigenvalue weighted by atomic mass is 9.90. The van der Waals surface area contributed by atoms with Crippen molar-refractivity contribution >= 4 is 11.8 Å². The van der Waals surface area contributed by atoms with Crippen molar-refractivity contribution in [2.24, 2.45) is 5.92 Å². The highest BCUT2D eigenvalue weighted by Gasteiger charge is 2.27. The number of benzene rings is 1. The second kappa shape index (κ2) is 9.51. The van der Waals surface area contributed by atoms with Crippen LogP contribution >= 0.6 is 0 Å². The van der Waals surface area contributed by atoms with Crippen LogP contribution in [0.4, 0.5) is 0 Å². The van der Waals surface area contributed by atoms with E-state index in [0.717, 1.165) is 31.4 Å². The van der Waals surface area contributed by atoms with Crippen LogP contribution in [-0.2, 0) is 16.1 Å². The highest BCUT2D eigenvalue weighted by atomic mass is 16.5. The molecule has 0 radical (unpaired) electrons. The average Bonchev–Trinajstić information content (AvgIpc) is 3.18. The predicted molar refractivity (Wildman–Crippen MR) is 107 cm³/mol. The quantitative estimate of drug-likeness (QED) is 0.546. The number of hydrogen-bond acceptors (Lipinski definition) is 6. The molecule has 156 valence electrons. The van der Waals surface area contributed by atoms with E-state index in [0.29, 0.717) is 23.9 Å². The zero-order chi connectivity index (χ0) is 20.8. The molecule has 1 aliphatic heterocycles. The second-order valence-corrected chi connectivity index (χ2v) is 7.39. The van der Waals surface area contributed by atoms with Crippen molar-refractivity contribution in [3.8, 4) is 11.4 Å². The fourth-order valence-electron chi connectivity index (χ4n) is 3.42. The number of carbonyl (C=O) groups excluding carboxylic acids is 2. The third kappa shape index (κ3) is 5.54. The van der Waals surface area contributed by atoms with Crippen LogP contribution in [0, 0.1) is 5.92 Å². The van der Waals surface area contributed by atoms with Crippen LogP contribution in [0.3, 0.4) is 0 Å². The number of carbonyl (C=O) groups is 2. The van der Waals surface area contributed by atoms with Crippen molar-refractivity contribution in [2.75, 3.05) is 6.54 Å². The highest BCUT2D eigenvalue weighted by molar-refractivity contribution is 5.89. The van der Waals surface area contributed by atoms with Crippen LogP contribution < -0.4 is 21.7 Å². The van der Waals surface area contributed by atoms with Gasteiger partial charge in [-0.15, -0.1) is 0 Å². The smallest absolute Gasteiger partial charge is 0.350 e. The van der Waals surface area contributed by atoms with E-state index in [9.17, 15) is 14.4 Å². The van der Waals surface area contributed by atoms with E-state index in [1.54, 1.807) is 19.1 Å². The van der Waals surface area contributed by atoms with E-state index < -0.39 is 11.8 Å². The second-order valence-electron chi connectivity index (χ2n) is 7.39. The summed E-state index contributed by atoms with van der Waals surface area (Å²) in [5, 5.41) is 12.5. The minimum atomic E-state index is -0.620. The van der Waals surface area contributed by atoms with Crippen LogP contribution in [0.15, 0.2) is 33.6 Å². The minimum absolute atomic E-state index is 0.128. The molecule has 1 aromatic heterocycles. The molecule has 2 aromatic rings. The summed E-state index contributed by atoms with van der Waals surface area (Å²) in [6.07, 6.45) is 2.95. The van der Waals surface area contributed by atoms with Gasteiger partial charge in [-0.2, -0.15) is 0 Å². The van der Waals surface area contributed by atoms with Gasteiger partial charge in [0.15, 0.2) is 5.82 Å². The zero-order valence-corrected chi connectivity index (χ0v) is 16.7. The predicted octanol–water partition coefficient (Wildman–Crippen LogP) is 0.929. The van der Waals surface area contributed by atoms with Crippen molar-refractivity contribution in [2.45, 2.75) is 51.7 Å². The highest BCUT2D eigenvalue weighted by Crippen LogP contribution is 2.19. The first-order chi connectivity index (χ1) is 14.0. The Morgan fingerprint density at radius 2 is 2.07 bits per heavy atom. The lowest BCUT2D eigenvalue weighted by molar-refractivity contribution is -0.130. The van der Waals surface area contributed by atoms with Crippen molar-refractivity contribution in [3.63, 3.8) is 0 Å². The number of amides is 2. The molecule has 0 saturated carbocycles. The Morgan fingerprint density at radius 1 is 1.31 bits per heavy atom. The summed E-state index contributed by atoms with van der Waals surface area (Å²) in [4.78, 5) is 38.3. The van der Waals surface area contributed by atoms with E-state index in [1.165, 1.54) is 0 Å². The molecule has 1 aromatic carbocycles. The number of aromatic amines is 1. The number of aromatic nitrogens is 2. The Kier molecular flexibility index (Phi) is 6.82. The van der Waals surface area contributed by atoms with Gasteiger partial charge in [0.1, 0.15) is 6.04 Å². The summed E-state index contributed by atoms with van der Waals surface area (Å²) >= 11 is 0. The molecule has 0 spiro atoms. The first-order valence-corrected chi connectivity index (χ1v) is 9.93. The molecule has 0 aliphatic carbocycles. The number of rotatable bonds is 7. The maximum absolute atomic E-state index is 12.4. The number of nitrogens with zero attached hydrogens (tertiary/aromatic N) is 1. The molecule has 29 heavy (non-hydrogen) atoms. The van der Waals surface area contributed by atoms with Gasteiger partial charge in [-0.05, 0) is 37.8 Å². The van der Waals surface area contributed by atoms with Crippen molar-refractivity contribution in [1.82, 2.24) is 26.1 Å². The molecule has 4 N–H and O–H groups in total. The van der Waals surface area contributed by atoms with Crippen LogP contribution in [0.1, 0.15) is 38.7 Å². The molecule has 1 saturated heterocycles. The summed E-state index contributed by atoms with van der Waals surface area (Å²) in [6.45, 7) is 4.97. The van der Waals surface area contributed by atoms with E-state index in [1.807, 2.05) is 12.1 Å². The topological polar surface area (TPSA) is 129 Å².